The molecule has 2 aromatic carbocycles. The molecule has 0 aliphatic heterocycles. The molecular formula is C18H19BrFNO2. The Kier molecular flexibility index (Phi) is 5.42. The normalized spacial score (nSPS) is 11.2. The smallest absolute Gasteiger partial charge is 0.262 e. The van der Waals surface area contributed by atoms with Gasteiger partial charge in [-0.05, 0) is 57.2 Å². The largest absolute Gasteiger partial charge is 0.483 e. The number of carbonyl (C=O) groups is 1. The summed E-state index contributed by atoms with van der Waals surface area (Å²) >= 11 is 3.46. The van der Waals surface area contributed by atoms with E-state index in [-0.39, 0.29) is 17.9 Å². The maximum Gasteiger partial charge on any atom is 0.262 e. The molecule has 23 heavy (non-hydrogen) atoms. The quantitative estimate of drug-likeness (QED) is 0.819. The lowest BCUT2D eigenvalue weighted by atomic mass is 9.87. The Morgan fingerprint density at radius 1 is 1.22 bits per heavy atom. The molecule has 0 saturated carbocycles. The Balaban J connectivity index is 1.97. The minimum absolute atomic E-state index is 0.0375. The van der Waals surface area contributed by atoms with Crippen LogP contribution in [-0.2, 0) is 10.2 Å². The first kappa shape index (κ1) is 17.5. The van der Waals surface area contributed by atoms with Crippen LogP contribution in [0, 0.1) is 5.82 Å². The summed E-state index contributed by atoms with van der Waals surface area (Å²) < 4.78 is 19.4. The van der Waals surface area contributed by atoms with Crippen LogP contribution in [0.4, 0.5) is 10.1 Å². The predicted molar refractivity (Wildman–Crippen MR) is 93.4 cm³/mol. The third kappa shape index (κ3) is 5.06. The molecule has 1 N–H and O–H groups in total. The Bertz CT molecular complexity index is 710. The highest BCUT2D eigenvalue weighted by atomic mass is 79.9. The molecule has 0 fully saturated rings. The van der Waals surface area contributed by atoms with Crippen molar-refractivity contribution in [2.75, 3.05) is 11.9 Å². The molecule has 0 aliphatic carbocycles. The number of halogens is 2. The van der Waals surface area contributed by atoms with Crippen molar-refractivity contribution in [3.05, 3.63) is 58.3 Å². The van der Waals surface area contributed by atoms with Gasteiger partial charge in [0.05, 0.1) is 4.47 Å². The minimum Gasteiger partial charge on any atom is -0.483 e. The zero-order valence-electron chi connectivity index (χ0n) is 13.3. The van der Waals surface area contributed by atoms with Crippen LogP contribution in [0.3, 0.4) is 0 Å². The molecule has 0 atom stereocenters. The molecule has 0 aliphatic rings. The van der Waals surface area contributed by atoms with Crippen molar-refractivity contribution in [2.24, 2.45) is 0 Å². The lowest BCUT2D eigenvalue weighted by Gasteiger charge is -2.20. The Hall–Kier alpha value is -1.88. The fraction of sp³-hybridized carbons (Fsp3) is 0.278. The maximum atomic E-state index is 13.1. The number of anilines is 1. The molecule has 0 bridgehead atoms. The van der Waals surface area contributed by atoms with Gasteiger partial charge < -0.3 is 10.1 Å². The molecule has 0 unspecified atom stereocenters. The van der Waals surface area contributed by atoms with Gasteiger partial charge in [-0.1, -0.05) is 32.9 Å². The Morgan fingerprint density at radius 3 is 2.57 bits per heavy atom. The van der Waals surface area contributed by atoms with Crippen molar-refractivity contribution in [3.8, 4) is 5.75 Å². The number of benzene rings is 2. The van der Waals surface area contributed by atoms with E-state index < -0.39 is 5.82 Å². The molecule has 0 saturated heterocycles. The number of nitrogens with one attached hydrogen (secondary N) is 1. The van der Waals surface area contributed by atoms with E-state index in [1.165, 1.54) is 23.8 Å². The van der Waals surface area contributed by atoms with E-state index in [9.17, 15) is 9.18 Å². The molecule has 2 rings (SSSR count). The second kappa shape index (κ2) is 7.13. The number of amides is 1. The van der Waals surface area contributed by atoms with E-state index in [2.05, 4.69) is 42.0 Å². The molecule has 2 aromatic rings. The second-order valence-electron chi connectivity index (χ2n) is 6.24. The number of carbonyl (C=O) groups excluding carboxylic acids is 1. The van der Waals surface area contributed by atoms with Gasteiger partial charge in [-0.3, -0.25) is 4.79 Å². The highest BCUT2D eigenvalue weighted by Gasteiger charge is 2.15. The van der Waals surface area contributed by atoms with Gasteiger partial charge in [-0.25, -0.2) is 4.39 Å². The van der Waals surface area contributed by atoms with Crippen LogP contribution < -0.4 is 10.1 Å². The summed E-state index contributed by atoms with van der Waals surface area (Å²) in [6.07, 6.45) is 0. The van der Waals surface area contributed by atoms with E-state index in [1.54, 1.807) is 6.07 Å². The standard InChI is InChI=1S/C18H19BrFNO2/c1-18(2,3)12-7-8-16(15(19)9-12)23-11-17(22)21-14-6-4-5-13(20)10-14/h4-10H,11H2,1-3H3,(H,21,22). The van der Waals surface area contributed by atoms with Crippen molar-refractivity contribution in [1.82, 2.24) is 0 Å². The van der Waals surface area contributed by atoms with Crippen LogP contribution in [-0.4, -0.2) is 12.5 Å². The monoisotopic (exact) mass is 379 g/mol. The zero-order valence-corrected chi connectivity index (χ0v) is 14.9. The fourth-order valence-corrected chi connectivity index (χ4v) is 2.48. The zero-order chi connectivity index (χ0) is 17.0. The lowest BCUT2D eigenvalue weighted by molar-refractivity contribution is -0.118. The molecule has 0 spiro atoms. The summed E-state index contributed by atoms with van der Waals surface area (Å²) in [5, 5.41) is 2.59. The SMILES string of the molecule is CC(C)(C)c1ccc(OCC(=O)Nc2cccc(F)c2)c(Br)c1. The lowest BCUT2D eigenvalue weighted by Crippen LogP contribution is -2.20. The summed E-state index contributed by atoms with van der Waals surface area (Å²) in [5.41, 5.74) is 1.61. The van der Waals surface area contributed by atoms with Crippen LogP contribution in [0.25, 0.3) is 0 Å². The minimum atomic E-state index is -0.399. The molecular weight excluding hydrogens is 361 g/mol. The second-order valence-corrected chi connectivity index (χ2v) is 7.10. The molecule has 122 valence electrons. The van der Waals surface area contributed by atoms with Crippen molar-refractivity contribution >= 4 is 27.5 Å². The van der Waals surface area contributed by atoms with Gasteiger partial charge in [0, 0.05) is 5.69 Å². The van der Waals surface area contributed by atoms with Gasteiger partial charge in [0.25, 0.3) is 5.91 Å². The Morgan fingerprint density at radius 2 is 1.96 bits per heavy atom. The Labute approximate surface area is 144 Å². The van der Waals surface area contributed by atoms with E-state index >= 15 is 0 Å². The van der Waals surface area contributed by atoms with Crippen LogP contribution >= 0.6 is 15.9 Å². The third-order valence-corrected chi connectivity index (χ3v) is 3.88. The average molecular weight is 380 g/mol. The average Bonchev–Trinajstić information content (AvgIpc) is 2.45. The molecule has 5 heteroatoms. The van der Waals surface area contributed by atoms with Gasteiger partial charge in [0.1, 0.15) is 11.6 Å². The van der Waals surface area contributed by atoms with Gasteiger partial charge in [-0.2, -0.15) is 0 Å². The molecule has 0 radical (unpaired) electrons. The summed E-state index contributed by atoms with van der Waals surface area (Å²) in [7, 11) is 0. The number of ether oxygens (including phenoxy) is 1. The molecule has 0 aromatic heterocycles. The van der Waals surface area contributed by atoms with Gasteiger partial charge in [0.2, 0.25) is 0 Å². The molecule has 1 amide bonds. The first-order valence-corrected chi connectivity index (χ1v) is 8.03. The van der Waals surface area contributed by atoms with Gasteiger partial charge in [0.15, 0.2) is 6.61 Å². The van der Waals surface area contributed by atoms with E-state index in [0.717, 1.165) is 4.47 Å². The molecule has 3 nitrogen and oxygen atoms in total. The number of hydrogen-bond acceptors (Lipinski definition) is 2. The summed E-state index contributed by atoms with van der Waals surface area (Å²) in [6.45, 7) is 6.23. The first-order valence-electron chi connectivity index (χ1n) is 7.24. The first-order chi connectivity index (χ1) is 10.8. The number of hydrogen-bond donors (Lipinski definition) is 1. The highest BCUT2D eigenvalue weighted by molar-refractivity contribution is 9.10. The van der Waals surface area contributed by atoms with Gasteiger partial charge >= 0.3 is 0 Å². The third-order valence-electron chi connectivity index (χ3n) is 3.27. The molecule has 0 heterocycles. The van der Waals surface area contributed by atoms with Crippen LogP contribution in [0.5, 0.6) is 5.75 Å². The van der Waals surface area contributed by atoms with Crippen molar-refractivity contribution < 1.29 is 13.9 Å². The highest BCUT2D eigenvalue weighted by Crippen LogP contribution is 2.31. The van der Waals surface area contributed by atoms with E-state index in [4.69, 9.17) is 4.74 Å². The van der Waals surface area contributed by atoms with Crippen LogP contribution in [0.2, 0.25) is 0 Å². The van der Waals surface area contributed by atoms with Crippen LogP contribution in [0.15, 0.2) is 46.9 Å². The van der Waals surface area contributed by atoms with Gasteiger partial charge in [-0.15, -0.1) is 0 Å². The predicted octanol–water partition coefficient (Wildman–Crippen LogP) is 4.90. The van der Waals surface area contributed by atoms with E-state index in [0.29, 0.717) is 11.4 Å². The maximum absolute atomic E-state index is 13.1. The van der Waals surface area contributed by atoms with Crippen molar-refractivity contribution in [2.45, 2.75) is 26.2 Å². The van der Waals surface area contributed by atoms with Crippen LogP contribution in [0.1, 0.15) is 26.3 Å². The topological polar surface area (TPSA) is 38.3 Å². The van der Waals surface area contributed by atoms with Crippen molar-refractivity contribution in [1.29, 1.82) is 0 Å². The summed E-state index contributed by atoms with van der Waals surface area (Å²) in [6, 6.07) is 11.5. The fourth-order valence-electron chi connectivity index (χ4n) is 1.99. The number of rotatable bonds is 4. The summed E-state index contributed by atoms with van der Waals surface area (Å²) in [5.74, 6) is -0.154. The van der Waals surface area contributed by atoms with Crippen molar-refractivity contribution in [3.63, 3.8) is 0 Å². The van der Waals surface area contributed by atoms with E-state index in [1.807, 2.05) is 18.2 Å². The summed E-state index contributed by atoms with van der Waals surface area (Å²) in [4.78, 5) is 11.9.